The molecule has 0 radical (unpaired) electrons. The molecule has 0 saturated heterocycles. The standard InChI is InChI=1S/C29H46N6/c1-27(2,3)30-26-22-34(32(28(4,5)6)20-24-16-12-10-13-17-24)31-35(23-26)33(29(7,8)9)21-25-18-14-11-15-19-25/h10-19,22,30-31H,20-21,23H2,1-9H3. The van der Waals surface area contributed by atoms with E-state index in [1.165, 1.54) is 16.8 Å². The van der Waals surface area contributed by atoms with E-state index in [1.807, 2.05) is 0 Å². The summed E-state index contributed by atoms with van der Waals surface area (Å²) in [5.41, 5.74) is 7.21. The fourth-order valence-corrected chi connectivity index (χ4v) is 4.18. The highest BCUT2D eigenvalue weighted by Gasteiger charge is 2.35. The second-order valence-corrected chi connectivity index (χ2v) is 12.5. The number of nitrogens with one attached hydrogen (secondary N) is 2. The van der Waals surface area contributed by atoms with Crippen molar-refractivity contribution >= 4 is 0 Å². The third-order valence-corrected chi connectivity index (χ3v) is 5.80. The van der Waals surface area contributed by atoms with Crippen LogP contribution in [0, 0.1) is 0 Å². The molecular formula is C29H46N6. The van der Waals surface area contributed by atoms with Crippen LogP contribution in [0.3, 0.4) is 0 Å². The first-order chi connectivity index (χ1) is 16.2. The smallest absolute Gasteiger partial charge is 0.0723 e. The lowest BCUT2D eigenvalue weighted by molar-refractivity contribution is -0.233. The summed E-state index contributed by atoms with van der Waals surface area (Å²) >= 11 is 0. The van der Waals surface area contributed by atoms with Gasteiger partial charge in [-0.2, -0.15) is 10.1 Å². The predicted molar refractivity (Wildman–Crippen MR) is 146 cm³/mol. The first-order valence-electron chi connectivity index (χ1n) is 12.7. The zero-order valence-corrected chi connectivity index (χ0v) is 23.3. The molecule has 0 spiro atoms. The van der Waals surface area contributed by atoms with Crippen LogP contribution in [0.2, 0.25) is 0 Å². The van der Waals surface area contributed by atoms with Crippen molar-refractivity contribution in [1.82, 2.24) is 31.1 Å². The minimum atomic E-state index is -0.110. The molecule has 1 aliphatic rings. The van der Waals surface area contributed by atoms with Crippen LogP contribution in [-0.4, -0.2) is 43.4 Å². The largest absolute Gasteiger partial charge is 0.381 e. The van der Waals surface area contributed by atoms with E-state index in [-0.39, 0.29) is 16.6 Å². The van der Waals surface area contributed by atoms with E-state index in [9.17, 15) is 0 Å². The van der Waals surface area contributed by atoms with Crippen molar-refractivity contribution in [3.63, 3.8) is 0 Å². The first-order valence-corrected chi connectivity index (χ1v) is 12.7. The van der Waals surface area contributed by atoms with Crippen LogP contribution < -0.4 is 10.9 Å². The molecule has 6 heteroatoms. The van der Waals surface area contributed by atoms with Gasteiger partial charge in [-0.15, -0.1) is 5.53 Å². The van der Waals surface area contributed by atoms with Crippen molar-refractivity contribution in [2.24, 2.45) is 0 Å². The molecule has 1 heterocycles. The summed E-state index contributed by atoms with van der Waals surface area (Å²) in [6.07, 6.45) is 2.21. The summed E-state index contributed by atoms with van der Waals surface area (Å²) in [5.74, 6) is 0. The Balaban J connectivity index is 1.98. The average molecular weight is 479 g/mol. The lowest BCUT2D eigenvalue weighted by atomic mass is 10.1. The van der Waals surface area contributed by atoms with E-state index in [4.69, 9.17) is 0 Å². The van der Waals surface area contributed by atoms with Gasteiger partial charge in [0.15, 0.2) is 0 Å². The van der Waals surface area contributed by atoms with Gasteiger partial charge in [0.25, 0.3) is 0 Å². The van der Waals surface area contributed by atoms with Crippen molar-refractivity contribution in [1.29, 1.82) is 0 Å². The fourth-order valence-electron chi connectivity index (χ4n) is 4.18. The molecule has 0 aromatic heterocycles. The van der Waals surface area contributed by atoms with Crippen molar-refractivity contribution in [2.45, 2.75) is 92.0 Å². The van der Waals surface area contributed by atoms with Crippen LogP contribution in [0.4, 0.5) is 0 Å². The molecule has 192 valence electrons. The van der Waals surface area contributed by atoms with Gasteiger partial charge in [0, 0.05) is 35.4 Å². The molecule has 0 aliphatic carbocycles. The third-order valence-electron chi connectivity index (χ3n) is 5.80. The Hall–Kier alpha value is -2.38. The summed E-state index contributed by atoms with van der Waals surface area (Å²) < 4.78 is 0. The normalized spacial score (nSPS) is 16.1. The first kappa shape index (κ1) is 27.2. The van der Waals surface area contributed by atoms with Crippen molar-refractivity contribution in [2.75, 3.05) is 6.54 Å². The molecule has 6 nitrogen and oxygen atoms in total. The molecule has 0 amide bonds. The SMILES string of the molecule is CC(C)(C)NC1=CN(N(Cc2ccccc2)C(C)(C)C)NN(N(Cc2ccccc2)C(C)(C)C)C1. The van der Waals surface area contributed by atoms with Gasteiger partial charge >= 0.3 is 0 Å². The second-order valence-electron chi connectivity index (χ2n) is 12.5. The molecule has 0 saturated carbocycles. The van der Waals surface area contributed by atoms with Gasteiger partial charge in [-0.3, -0.25) is 0 Å². The molecular weight excluding hydrogens is 432 g/mol. The average Bonchev–Trinajstić information content (AvgIpc) is 2.74. The van der Waals surface area contributed by atoms with Crippen LogP contribution in [0.1, 0.15) is 73.4 Å². The Bertz CT molecular complexity index is 951. The monoisotopic (exact) mass is 478 g/mol. The number of hydrogen-bond acceptors (Lipinski definition) is 6. The van der Waals surface area contributed by atoms with Crippen molar-refractivity contribution in [3.8, 4) is 0 Å². The molecule has 3 rings (SSSR count). The zero-order chi connectivity index (χ0) is 25.9. The van der Waals surface area contributed by atoms with Crippen LogP contribution in [0.15, 0.2) is 72.6 Å². The second kappa shape index (κ2) is 10.7. The Morgan fingerprint density at radius 1 is 0.714 bits per heavy atom. The van der Waals surface area contributed by atoms with Gasteiger partial charge in [-0.05, 0) is 73.4 Å². The Morgan fingerprint density at radius 3 is 1.60 bits per heavy atom. The summed E-state index contributed by atoms with van der Waals surface area (Å²) in [6.45, 7) is 22.5. The molecule has 2 aromatic rings. The van der Waals surface area contributed by atoms with Gasteiger partial charge in [0.1, 0.15) is 0 Å². The van der Waals surface area contributed by atoms with E-state index in [0.717, 1.165) is 19.6 Å². The predicted octanol–water partition coefficient (Wildman–Crippen LogP) is 5.68. The van der Waals surface area contributed by atoms with Crippen LogP contribution in [-0.2, 0) is 13.1 Å². The molecule has 0 fully saturated rings. The van der Waals surface area contributed by atoms with E-state index < -0.39 is 0 Å². The highest BCUT2D eigenvalue weighted by atomic mass is 16.0. The number of rotatable bonds is 7. The van der Waals surface area contributed by atoms with Gasteiger partial charge in [0.2, 0.25) is 0 Å². The number of hydrogen-bond donors (Lipinski definition) is 2. The van der Waals surface area contributed by atoms with E-state index in [0.29, 0.717) is 0 Å². The summed E-state index contributed by atoms with van der Waals surface area (Å²) in [6, 6.07) is 21.4. The Kier molecular flexibility index (Phi) is 8.32. The molecule has 2 N–H and O–H groups in total. The lowest BCUT2D eigenvalue weighted by Crippen LogP contribution is -2.68. The molecule has 1 aliphatic heterocycles. The van der Waals surface area contributed by atoms with Gasteiger partial charge < -0.3 is 5.32 Å². The molecule has 0 atom stereocenters. The Labute approximate surface area is 213 Å². The van der Waals surface area contributed by atoms with E-state index in [1.54, 1.807) is 0 Å². The highest BCUT2D eigenvalue weighted by Crippen LogP contribution is 2.26. The highest BCUT2D eigenvalue weighted by molar-refractivity contribution is 5.16. The van der Waals surface area contributed by atoms with Gasteiger partial charge in [-0.1, -0.05) is 60.7 Å². The molecule has 35 heavy (non-hydrogen) atoms. The summed E-state index contributed by atoms with van der Waals surface area (Å²) in [5, 5.41) is 12.9. The van der Waals surface area contributed by atoms with Gasteiger partial charge in [0.05, 0.1) is 12.7 Å². The number of benzene rings is 2. The third kappa shape index (κ3) is 8.07. The number of nitrogens with zero attached hydrogens (tertiary/aromatic N) is 4. The van der Waals surface area contributed by atoms with Crippen molar-refractivity contribution < 1.29 is 0 Å². The topological polar surface area (TPSA) is 37.0 Å². The maximum Gasteiger partial charge on any atom is 0.0723 e. The lowest BCUT2D eigenvalue weighted by Gasteiger charge is -2.52. The summed E-state index contributed by atoms with van der Waals surface area (Å²) in [4.78, 5) is 0. The quantitative estimate of drug-likeness (QED) is 0.533. The minimum Gasteiger partial charge on any atom is -0.381 e. The minimum absolute atomic E-state index is 0.0432. The molecule has 0 unspecified atom stereocenters. The van der Waals surface area contributed by atoms with E-state index in [2.05, 4.69) is 160 Å². The summed E-state index contributed by atoms with van der Waals surface area (Å²) in [7, 11) is 0. The van der Waals surface area contributed by atoms with Crippen LogP contribution >= 0.6 is 0 Å². The van der Waals surface area contributed by atoms with E-state index >= 15 is 0 Å². The van der Waals surface area contributed by atoms with Crippen LogP contribution in [0.5, 0.6) is 0 Å². The fraction of sp³-hybridized carbons (Fsp3) is 0.517. The molecule has 0 bridgehead atoms. The number of hydrazine groups is 4. The van der Waals surface area contributed by atoms with Crippen molar-refractivity contribution in [3.05, 3.63) is 83.7 Å². The maximum atomic E-state index is 3.74. The molecule has 2 aromatic carbocycles. The van der Waals surface area contributed by atoms with Crippen LogP contribution in [0.25, 0.3) is 0 Å². The zero-order valence-electron chi connectivity index (χ0n) is 23.3. The van der Waals surface area contributed by atoms with Gasteiger partial charge in [-0.25, -0.2) is 10.1 Å². The maximum absolute atomic E-state index is 3.74. The Morgan fingerprint density at radius 2 is 1.17 bits per heavy atom.